The summed E-state index contributed by atoms with van der Waals surface area (Å²) >= 11 is 1.76. The van der Waals surface area contributed by atoms with Crippen molar-refractivity contribution in [2.75, 3.05) is 0 Å². The molecule has 0 saturated carbocycles. The molecule has 5 rings (SSSR count). The van der Waals surface area contributed by atoms with Crippen molar-refractivity contribution in [3.8, 4) is 11.4 Å². The third-order valence-corrected chi connectivity index (χ3v) is 7.91. The average Bonchev–Trinajstić information content (AvgIpc) is 3.33. The monoisotopic (exact) mass is 421 g/mol. The molecule has 0 amide bonds. The molecule has 0 fully saturated rings. The van der Waals surface area contributed by atoms with Crippen LogP contribution in [0.3, 0.4) is 0 Å². The number of hydrogen-bond donors (Lipinski definition) is 0. The summed E-state index contributed by atoms with van der Waals surface area (Å²) in [5, 5.41) is 17.0. The Bertz CT molecular complexity index is 1290. The number of benzene rings is 1. The third kappa shape index (κ3) is 2.89. The maximum absolute atomic E-state index is 11.4. The van der Waals surface area contributed by atoms with E-state index in [4.69, 9.17) is 4.98 Å². The van der Waals surface area contributed by atoms with Gasteiger partial charge in [-0.2, -0.15) is 0 Å². The fourth-order valence-electron chi connectivity index (χ4n) is 4.47. The Morgan fingerprint density at radius 1 is 1.33 bits per heavy atom. The van der Waals surface area contributed by atoms with E-state index >= 15 is 0 Å². The van der Waals surface area contributed by atoms with Gasteiger partial charge in [0.15, 0.2) is 11.5 Å². The maximum Gasteiger partial charge on any atom is 0.280 e. The molecule has 3 aromatic heterocycles. The van der Waals surface area contributed by atoms with E-state index < -0.39 is 4.92 Å². The number of nitro benzene ring substituents is 1. The second-order valence-electron chi connectivity index (χ2n) is 8.69. The van der Waals surface area contributed by atoms with Gasteiger partial charge in [0, 0.05) is 10.9 Å². The van der Waals surface area contributed by atoms with Crippen molar-refractivity contribution in [2.45, 2.75) is 46.5 Å². The molecule has 154 valence electrons. The first-order chi connectivity index (χ1) is 14.4. The average molecular weight is 422 g/mol. The molecule has 0 spiro atoms. The van der Waals surface area contributed by atoms with Crippen molar-refractivity contribution in [3.63, 3.8) is 0 Å². The van der Waals surface area contributed by atoms with E-state index in [0.717, 1.165) is 35.1 Å². The third-order valence-electron chi connectivity index (χ3n) is 6.74. The minimum atomic E-state index is -0.392. The summed E-state index contributed by atoms with van der Waals surface area (Å²) in [5.74, 6) is 1.02. The van der Waals surface area contributed by atoms with Gasteiger partial charge in [-0.3, -0.25) is 10.1 Å². The van der Waals surface area contributed by atoms with E-state index in [-0.39, 0.29) is 5.69 Å². The first kappa shape index (κ1) is 19.1. The van der Waals surface area contributed by atoms with Crippen molar-refractivity contribution in [3.05, 3.63) is 51.1 Å². The van der Waals surface area contributed by atoms with Crippen LogP contribution in [0.1, 0.15) is 44.1 Å². The van der Waals surface area contributed by atoms with Crippen LogP contribution in [0.15, 0.2) is 30.6 Å². The Morgan fingerprint density at radius 2 is 2.13 bits per heavy atom. The summed E-state index contributed by atoms with van der Waals surface area (Å²) in [6.07, 6.45) is 6.08. The Kier molecular flexibility index (Phi) is 4.36. The van der Waals surface area contributed by atoms with Gasteiger partial charge in [-0.05, 0) is 42.2 Å². The van der Waals surface area contributed by atoms with E-state index in [0.29, 0.717) is 22.7 Å². The topological polar surface area (TPSA) is 86.2 Å². The Morgan fingerprint density at radius 3 is 2.90 bits per heavy atom. The lowest BCUT2D eigenvalue weighted by atomic mass is 9.70. The molecule has 3 heterocycles. The number of aromatic nitrogens is 4. The van der Waals surface area contributed by atoms with Crippen LogP contribution in [0.5, 0.6) is 0 Å². The molecule has 7 nitrogen and oxygen atoms in total. The summed E-state index contributed by atoms with van der Waals surface area (Å²) in [6, 6.07) is 6.60. The number of fused-ring (bicyclic) bond motifs is 5. The number of para-hydroxylation sites is 1. The zero-order valence-electron chi connectivity index (χ0n) is 17.3. The lowest BCUT2D eigenvalue weighted by Gasteiger charge is -2.36. The molecule has 4 aromatic rings. The normalized spacial score (nSPS) is 16.8. The predicted molar refractivity (Wildman–Crippen MR) is 118 cm³/mol. The zero-order chi connectivity index (χ0) is 21.0. The highest BCUT2D eigenvalue weighted by molar-refractivity contribution is 7.19. The largest absolute Gasteiger partial charge is 0.280 e. The van der Waals surface area contributed by atoms with E-state index in [1.807, 2.05) is 0 Å². The van der Waals surface area contributed by atoms with Gasteiger partial charge in [-0.15, -0.1) is 16.4 Å². The summed E-state index contributed by atoms with van der Waals surface area (Å²) in [7, 11) is 0. The molecule has 30 heavy (non-hydrogen) atoms. The number of hydrogen-bond acceptors (Lipinski definition) is 6. The SMILES string of the molecule is CCC(C)(C)[C@@H]1CCc2c(sc3ncn4nc(-c5ccccc5[N+](=O)[O-])nc4c23)C1. The van der Waals surface area contributed by atoms with Gasteiger partial charge in [0.05, 0.1) is 15.9 Å². The van der Waals surface area contributed by atoms with Crippen molar-refractivity contribution < 1.29 is 4.92 Å². The van der Waals surface area contributed by atoms with Crippen LogP contribution in [-0.4, -0.2) is 24.5 Å². The predicted octanol–water partition coefficient (Wildman–Crippen LogP) is 5.46. The minimum absolute atomic E-state index is 0.00888. The summed E-state index contributed by atoms with van der Waals surface area (Å²) in [6.45, 7) is 7.00. The molecule has 0 saturated heterocycles. The van der Waals surface area contributed by atoms with E-state index in [1.54, 1.807) is 40.4 Å². The molecular formula is C22H23N5O2S. The van der Waals surface area contributed by atoms with E-state index in [9.17, 15) is 10.1 Å². The molecule has 1 aromatic carbocycles. The van der Waals surface area contributed by atoms with Crippen LogP contribution in [-0.2, 0) is 12.8 Å². The molecule has 1 aliphatic carbocycles. The lowest BCUT2D eigenvalue weighted by Crippen LogP contribution is -2.28. The Balaban J connectivity index is 1.65. The quantitative estimate of drug-likeness (QED) is 0.323. The van der Waals surface area contributed by atoms with Crippen molar-refractivity contribution in [1.29, 1.82) is 0 Å². The van der Waals surface area contributed by atoms with Gasteiger partial charge in [0.25, 0.3) is 5.69 Å². The molecule has 1 atom stereocenters. The minimum Gasteiger partial charge on any atom is -0.258 e. The van der Waals surface area contributed by atoms with E-state index in [1.165, 1.54) is 22.9 Å². The molecule has 0 radical (unpaired) electrons. The van der Waals surface area contributed by atoms with Gasteiger partial charge in [-0.25, -0.2) is 14.5 Å². The molecule has 0 N–H and O–H groups in total. The number of nitro groups is 1. The van der Waals surface area contributed by atoms with Gasteiger partial charge in [0.1, 0.15) is 11.2 Å². The van der Waals surface area contributed by atoms with Crippen LogP contribution in [0.2, 0.25) is 0 Å². The summed E-state index contributed by atoms with van der Waals surface area (Å²) < 4.78 is 1.66. The van der Waals surface area contributed by atoms with Crippen LogP contribution < -0.4 is 0 Å². The molecule has 8 heteroatoms. The maximum atomic E-state index is 11.4. The fraction of sp³-hybridized carbons (Fsp3) is 0.409. The van der Waals surface area contributed by atoms with Crippen LogP contribution >= 0.6 is 11.3 Å². The Labute approximate surface area is 177 Å². The van der Waals surface area contributed by atoms with Crippen LogP contribution in [0.25, 0.3) is 27.3 Å². The summed E-state index contributed by atoms with van der Waals surface area (Å²) in [4.78, 5) is 22.8. The fourth-order valence-corrected chi connectivity index (χ4v) is 5.73. The van der Waals surface area contributed by atoms with Crippen molar-refractivity contribution in [1.82, 2.24) is 19.6 Å². The second kappa shape index (κ2) is 6.84. The van der Waals surface area contributed by atoms with Crippen LogP contribution in [0, 0.1) is 21.4 Å². The molecule has 1 aliphatic rings. The van der Waals surface area contributed by atoms with Crippen LogP contribution in [0.4, 0.5) is 5.69 Å². The molecular weight excluding hydrogens is 398 g/mol. The number of aryl methyl sites for hydroxylation is 1. The smallest absolute Gasteiger partial charge is 0.258 e. The standard InChI is InChI=1S/C22H23N5O2S/c1-4-22(2,3)13-9-10-15-17(11-13)30-21-18(15)20-24-19(25-26(20)12-23-21)14-7-5-6-8-16(14)27(28)29/h5-8,12-13H,4,9-11H2,1-3H3/t13-/m1/s1. The first-order valence-corrected chi connectivity index (χ1v) is 11.1. The highest BCUT2D eigenvalue weighted by atomic mass is 32.1. The van der Waals surface area contributed by atoms with E-state index in [2.05, 4.69) is 30.9 Å². The second-order valence-corrected chi connectivity index (χ2v) is 9.77. The Hall–Kier alpha value is -2.87. The first-order valence-electron chi connectivity index (χ1n) is 10.3. The molecule has 0 bridgehead atoms. The summed E-state index contributed by atoms with van der Waals surface area (Å²) in [5.41, 5.74) is 2.82. The van der Waals surface area contributed by atoms with Gasteiger partial charge < -0.3 is 0 Å². The number of rotatable bonds is 4. The van der Waals surface area contributed by atoms with Gasteiger partial charge in [0.2, 0.25) is 0 Å². The van der Waals surface area contributed by atoms with Crippen molar-refractivity contribution >= 4 is 32.9 Å². The highest BCUT2D eigenvalue weighted by Crippen LogP contribution is 2.45. The number of thiophene rings is 1. The molecule has 0 unspecified atom stereocenters. The highest BCUT2D eigenvalue weighted by Gasteiger charge is 2.33. The van der Waals surface area contributed by atoms with Crippen molar-refractivity contribution in [2.24, 2.45) is 11.3 Å². The molecule has 0 aliphatic heterocycles. The number of nitrogens with zero attached hydrogens (tertiary/aromatic N) is 5. The lowest BCUT2D eigenvalue weighted by molar-refractivity contribution is -0.384. The van der Waals surface area contributed by atoms with Gasteiger partial charge >= 0.3 is 0 Å². The van der Waals surface area contributed by atoms with Gasteiger partial charge in [-0.1, -0.05) is 39.3 Å². The zero-order valence-corrected chi connectivity index (χ0v) is 18.1.